The summed E-state index contributed by atoms with van der Waals surface area (Å²) < 4.78 is 0. The Morgan fingerprint density at radius 1 is 1.22 bits per heavy atom. The molecule has 1 aliphatic heterocycles. The number of piperazine rings is 1. The van der Waals surface area contributed by atoms with E-state index >= 15 is 0 Å². The Kier molecular flexibility index (Phi) is 6.06. The molecule has 1 heterocycles. The zero-order valence-electron chi connectivity index (χ0n) is 14.7. The molecule has 1 N–H and O–H groups in total. The van der Waals surface area contributed by atoms with E-state index in [1.807, 2.05) is 19.1 Å². The second-order valence-corrected chi connectivity index (χ2v) is 7.44. The molecule has 0 aromatic heterocycles. The smallest absolute Gasteiger partial charge is 0.253 e. The quantitative estimate of drug-likeness (QED) is 0.897. The van der Waals surface area contributed by atoms with Crippen LogP contribution in [-0.2, 0) is 0 Å². The monoisotopic (exact) mass is 337 g/mol. The molecule has 0 atom stereocenters. The van der Waals surface area contributed by atoms with Gasteiger partial charge in [-0.15, -0.1) is 0 Å². The average Bonchev–Trinajstić information content (AvgIpc) is 2.46. The lowest BCUT2D eigenvalue weighted by Crippen LogP contribution is -2.55. The van der Waals surface area contributed by atoms with Gasteiger partial charge in [0, 0.05) is 38.3 Å². The molecule has 0 spiro atoms. The molecule has 1 aromatic rings. The normalized spacial score (nSPS) is 17.3. The van der Waals surface area contributed by atoms with Gasteiger partial charge in [0.25, 0.3) is 5.91 Å². The van der Waals surface area contributed by atoms with Crippen LogP contribution < -0.4 is 5.32 Å². The second-order valence-electron chi connectivity index (χ2n) is 7.03. The molecule has 0 radical (unpaired) electrons. The molecular formula is C18H28ClN3O. The number of benzene rings is 1. The van der Waals surface area contributed by atoms with E-state index in [1.54, 1.807) is 6.07 Å². The number of carbonyl (C=O) groups excluding carboxylic acids is 1. The summed E-state index contributed by atoms with van der Waals surface area (Å²) >= 11 is 6.20. The summed E-state index contributed by atoms with van der Waals surface area (Å²) in [6, 6.07) is 5.54. The highest BCUT2D eigenvalue weighted by atomic mass is 35.5. The van der Waals surface area contributed by atoms with Gasteiger partial charge in [-0.05, 0) is 45.0 Å². The van der Waals surface area contributed by atoms with Gasteiger partial charge in [0.15, 0.2) is 0 Å². The molecule has 5 heteroatoms. The molecule has 0 aliphatic carbocycles. The number of nitrogens with one attached hydrogen (secondary N) is 1. The maximum Gasteiger partial charge on any atom is 0.253 e. The Morgan fingerprint density at radius 3 is 2.39 bits per heavy atom. The third-order valence-corrected chi connectivity index (χ3v) is 4.66. The van der Waals surface area contributed by atoms with Gasteiger partial charge in [-0.1, -0.05) is 24.6 Å². The Balaban J connectivity index is 1.93. The summed E-state index contributed by atoms with van der Waals surface area (Å²) in [7, 11) is 0. The number of hydrogen-bond acceptors (Lipinski definition) is 3. The van der Waals surface area contributed by atoms with Crippen LogP contribution in [0.15, 0.2) is 18.2 Å². The van der Waals surface area contributed by atoms with Crippen molar-refractivity contribution in [2.75, 3.05) is 39.3 Å². The van der Waals surface area contributed by atoms with Gasteiger partial charge in [0.1, 0.15) is 0 Å². The first-order valence-corrected chi connectivity index (χ1v) is 8.72. The predicted octanol–water partition coefficient (Wildman–Crippen LogP) is 2.79. The number of nitrogens with zero attached hydrogens (tertiary/aromatic N) is 2. The minimum atomic E-state index is -0.292. The highest BCUT2D eigenvalue weighted by Gasteiger charge is 2.27. The number of hydrogen-bond donors (Lipinski definition) is 1. The van der Waals surface area contributed by atoms with Gasteiger partial charge in [-0.3, -0.25) is 9.69 Å². The first-order chi connectivity index (χ1) is 10.8. The molecular weight excluding hydrogens is 310 g/mol. The number of halogens is 1. The van der Waals surface area contributed by atoms with Gasteiger partial charge < -0.3 is 10.2 Å². The van der Waals surface area contributed by atoms with E-state index in [2.05, 4.69) is 35.9 Å². The summed E-state index contributed by atoms with van der Waals surface area (Å²) in [5.41, 5.74) is 1.31. The lowest BCUT2D eigenvalue weighted by Gasteiger charge is -2.39. The highest BCUT2D eigenvalue weighted by molar-refractivity contribution is 6.33. The highest BCUT2D eigenvalue weighted by Crippen LogP contribution is 2.19. The Hall–Kier alpha value is -1.10. The fourth-order valence-electron chi connectivity index (χ4n) is 3.04. The van der Waals surface area contributed by atoms with Gasteiger partial charge in [0.2, 0.25) is 0 Å². The molecule has 4 nitrogen and oxygen atoms in total. The van der Waals surface area contributed by atoms with Gasteiger partial charge in [-0.25, -0.2) is 0 Å². The fraction of sp³-hybridized carbons (Fsp3) is 0.611. The zero-order valence-corrected chi connectivity index (χ0v) is 15.4. The summed E-state index contributed by atoms with van der Waals surface area (Å²) in [4.78, 5) is 17.4. The molecule has 1 saturated heterocycles. The van der Waals surface area contributed by atoms with Crippen molar-refractivity contribution in [3.63, 3.8) is 0 Å². The van der Waals surface area contributed by atoms with Crippen LogP contribution in [0, 0.1) is 6.92 Å². The summed E-state index contributed by atoms with van der Waals surface area (Å²) in [5.74, 6) is -0.104. The topological polar surface area (TPSA) is 35.6 Å². The van der Waals surface area contributed by atoms with Crippen molar-refractivity contribution in [2.45, 2.75) is 33.2 Å². The maximum absolute atomic E-state index is 12.5. The molecule has 2 rings (SSSR count). The van der Waals surface area contributed by atoms with Crippen LogP contribution in [0.3, 0.4) is 0 Å². The van der Waals surface area contributed by atoms with Crippen LogP contribution in [-0.4, -0.2) is 60.5 Å². The molecule has 0 saturated carbocycles. The molecule has 0 bridgehead atoms. The summed E-state index contributed by atoms with van der Waals surface area (Å²) in [5, 5.41) is 3.64. The minimum Gasteiger partial charge on any atom is -0.346 e. The van der Waals surface area contributed by atoms with Crippen molar-refractivity contribution in [3.05, 3.63) is 34.3 Å². The van der Waals surface area contributed by atoms with Crippen molar-refractivity contribution in [1.82, 2.24) is 15.1 Å². The molecule has 1 aromatic carbocycles. The van der Waals surface area contributed by atoms with Crippen molar-refractivity contribution in [3.8, 4) is 0 Å². The maximum atomic E-state index is 12.5. The van der Waals surface area contributed by atoms with E-state index in [9.17, 15) is 4.79 Å². The minimum absolute atomic E-state index is 0.104. The number of aryl methyl sites for hydroxylation is 1. The van der Waals surface area contributed by atoms with Crippen LogP contribution >= 0.6 is 11.6 Å². The lowest BCUT2D eigenvalue weighted by molar-refractivity contribution is 0.0835. The Bertz CT molecular complexity index is 551. The third-order valence-electron chi connectivity index (χ3n) is 4.35. The van der Waals surface area contributed by atoms with E-state index in [4.69, 9.17) is 11.6 Å². The fourth-order valence-corrected chi connectivity index (χ4v) is 3.36. The number of carbonyl (C=O) groups is 1. The standard InChI is InChI=1S/C18H28ClN3O/c1-5-21-8-10-22(11-9-21)13-18(3,4)20-17(23)15-7-6-14(2)12-16(15)19/h6-7,12H,5,8-11,13H2,1-4H3,(H,20,23). The average molecular weight is 338 g/mol. The molecule has 23 heavy (non-hydrogen) atoms. The van der Waals surface area contributed by atoms with Crippen LogP contribution in [0.5, 0.6) is 0 Å². The van der Waals surface area contributed by atoms with Crippen molar-refractivity contribution >= 4 is 17.5 Å². The molecule has 1 amide bonds. The molecule has 1 aliphatic rings. The largest absolute Gasteiger partial charge is 0.346 e. The van der Waals surface area contributed by atoms with E-state index in [-0.39, 0.29) is 11.4 Å². The Labute approximate surface area is 144 Å². The van der Waals surface area contributed by atoms with Gasteiger partial charge in [-0.2, -0.15) is 0 Å². The van der Waals surface area contributed by atoms with E-state index in [0.717, 1.165) is 44.8 Å². The van der Waals surface area contributed by atoms with Crippen molar-refractivity contribution < 1.29 is 4.79 Å². The van der Waals surface area contributed by atoms with Gasteiger partial charge in [0.05, 0.1) is 10.6 Å². The summed E-state index contributed by atoms with van der Waals surface area (Å²) in [6.45, 7) is 14.6. The van der Waals surface area contributed by atoms with Crippen molar-refractivity contribution in [1.29, 1.82) is 0 Å². The van der Waals surface area contributed by atoms with Crippen LogP contribution in [0.1, 0.15) is 36.7 Å². The molecule has 0 unspecified atom stereocenters. The molecule has 1 fully saturated rings. The van der Waals surface area contributed by atoms with Crippen LogP contribution in [0.25, 0.3) is 0 Å². The zero-order chi connectivity index (χ0) is 17.0. The van der Waals surface area contributed by atoms with Crippen LogP contribution in [0.4, 0.5) is 0 Å². The van der Waals surface area contributed by atoms with E-state index in [1.165, 1.54) is 0 Å². The predicted molar refractivity (Wildman–Crippen MR) is 96.3 cm³/mol. The SMILES string of the molecule is CCN1CCN(CC(C)(C)NC(=O)c2ccc(C)cc2Cl)CC1. The second kappa shape index (κ2) is 7.65. The number of amides is 1. The first-order valence-electron chi connectivity index (χ1n) is 8.34. The Morgan fingerprint density at radius 2 is 1.83 bits per heavy atom. The van der Waals surface area contributed by atoms with E-state index in [0.29, 0.717) is 10.6 Å². The van der Waals surface area contributed by atoms with E-state index < -0.39 is 0 Å². The number of rotatable bonds is 5. The van der Waals surface area contributed by atoms with Crippen molar-refractivity contribution in [2.24, 2.45) is 0 Å². The molecule has 128 valence electrons. The first kappa shape index (κ1) is 18.2. The summed E-state index contributed by atoms with van der Waals surface area (Å²) in [6.07, 6.45) is 0. The van der Waals surface area contributed by atoms with Crippen LogP contribution in [0.2, 0.25) is 5.02 Å². The van der Waals surface area contributed by atoms with Gasteiger partial charge >= 0.3 is 0 Å². The lowest BCUT2D eigenvalue weighted by atomic mass is 10.0. The third kappa shape index (κ3) is 5.20. The number of likely N-dealkylation sites (N-methyl/N-ethyl adjacent to an activating group) is 1.